The number of aliphatic hydroxyl groups is 1. The van der Waals surface area contributed by atoms with Crippen LogP contribution in [-0.2, 0) is 58.5 Å². The van der Waals surface area contributed by atoms with E-state index in [1.54, 1.807) is 0 Å². The highest BCUT2D eigenvalue weighted by Crippen LogP contribution is 2.52. The normalized spacial score (nSPS) is 17.9. The number of ether oxygens (including phenoxy) is 2. The average Bonchev–Trinajstić information content (AvgIpc) is 3.67. The molecule has 0 saturated carbocycles. The number of carboxylic acids is 1. The lowest BCUT2D eigenvalue weighted by atomic mass is 10.1. The number of carbonyl (C=O) groups excluding carboxylic acids is 6. The van der Waals surface area contributed by atoms with Crippen LogP contribution in [0, 0.1) is 0 Å². The Morgan fingerprint density at radius 2 is 1.74 bits per heavy atom. The van der Waals surface area contributed by atoms with Crippen LogP contribution >= 0.6 is 7.67 Å². The zero-order chi connectivity index (χ0) is 37.6. The van der Waals surface area contributed by atoms with Crippen molar-refractivity contribution in [1.82, 2.24) is 35.3 Å². The number of esters is 2. The van der Waals surface area contributed by atoms with Gasteiger partial charge in [-0.05, 0) is 54.0 Å². The molecular weight excluding hydrogens is 687 g/mol. The van der Waals surface area contributed by atoms with Gasteiger partial charge in [-0.3, -0.25) is 33.1 Å². The molecule has 1 aliphatic heterocycles. The van der Waals surface area contributed by atoms with E-state index in [1.165, 1.54) is 50.1 Å². The zero-order valence-corrected chi connectivity index (χ0v) is 29.1. The van der Waals surface area contributed by atoms with E-state index in [0.717, 1.165) is 0 Å². The molecule has 1 aliphatic rings. The van der Waals surface area contributed by atoms with Crippen molar-refractivity contribution in [2.75, 3.05) is 47.9 Å². The number of nitrogens with one attached hydrogen (secondary N) is 4. The van der Waals surface area contributed by atoms with Gasteiger partial charge in [0.25, 0.3) is 0 Å². The molecule has 1 aromatic heterocycles. The number of hydrogen-bond acceptors (Lipinski definition) is 14. The minimum atomic E-state index is -3.80. The first-order valence-electron chi connectivity index (χ1n) is 15.5. The number of Topliss-reactive ketones (excluding diaryl/α,β-unsaturated/α-hetero) is 1. The van der Waals surface area contributed by atoms with Crippen LogP contribution in [0.4, 0.5) is 0 Å². The fourth-order valence-corrected chi connectivity index (χ4v) is 6.10. The van der Waals surface area contributed by atoms with Crippen molar-refractivity contribution >= 4 is 49.1 Å². The molecule has 280 valence electrons. The highest BCUT2D eigenvalue weighted by molar-refractivity contribution is 7.53. The van der Waals surface area contributed by atoms with Crippen molar-refractivity contribution in [2.45, 2.75) is 68.9 Å². The van der Waals surface area contributed by atoms with E-state index >= 15 is 0 Å². The molecular formula is C28H45N8O13P. The predicted molar refractivity (Wildman–Crippen MR) is 171 cm³/mol. The number of cyclic esters (lactones) is 1. The highest BCUT2D eigenvalue weighted by atomic mass is 31.2. The third kappa shape index (κ3) is 12.3. The van der Waals surface area contributed by atoms with Gasteiger partial charge in [0.05, 0.1) is 25.9 Å². The molecule has 8 N–H and O–H groups in total. The second kappa shape index (κ2) is 19.8. The summed E-state index contributed by atoms with van der Waals surface area (Å²) in [5.74, 6) is -6.90. The summed E-state index contributed by atoms with van der Waals surface area (Å²) in [7, 11) is 1.84. The number of ketones is 1. The molecule has 5 atom stereocenters. The van der Waals surface area contributed by atoms with Crippen molar-refractivity contribution in [3.63, 3.8) is 0 Å². The molecule has 2 rings (SSSR count). The minimum Gasteiger partial charge on any atom is -0.480 e. The number of carbonyl (C=O) groups is 7. The maximum Gasteiger partial charge on any atom is 0.346 e. The molecule has 21 nitrogen and oxygen atoms in total. The third-order valence-corrected chi connectivity index (χ3v) is 9.75. The van der Waals surface area contributed by atoms with E-state index in [-0.39, 0.29) is 12.8 Å². The number of hydrogen-bond donors (Lipinski definition) is 7. The number of nitrogens with zero attached hydrogens (tertiary/aromatic N) is 3. The Balaban J connectivity index is 1.91. The van der Waals surface area contributed by atoms with Gasteiger partial charge >= 0.3 is 25.6 Å². The second-order valence-corrected chi connectivity index (χ2v) is 14.3. The number of unbranched alkanes of at least 4 members (excludes halogenated alkanes) is 1. The summed E-state index contributed by atoms with van der Waals surface area (Å²) in [6.45, 7) is -1.21. The number of aliphatic hydroxyl groups excluding tert-OH is 1. The van der Waals surface area contributed by atoms with E-state index in [4.69, 9.17) is 19.7 Å². The maximum atomic E-state index is 13.1. The Labute approximate surface area is 287 Å². The largest absolute Gasteiger partial charge is 0.480 e. The van der Waals surface area contributed by atoms with E-state index in [9.17, 15) is 48.3 Å². The number of carboxylic acid groups (broad SMARTS) is 1. The molecule has 1 saturated heterocycles. The van der Waals surface area contributed by atoms with Crippen LogP contribution in [0.5, 0.6) is 0 Å². The molecule has 3 amide bonds. The van der Waals surface area contributed by atoms with Gasteiger partial charge in [0.15, 0.2) is 6.10 Å². The number of aromatic nitrogens is 2. The van der Waals surface area contributed by atoms with Gasteiger partial charge in [-0.25, -0.2) is 23.9 Å². The molecule has 1 fully saturated rings. The monoisotopic (exact) mass is 732 g/mol. The number of nitrogens with two attached hydrogens (primary N) is 1. The van der Waals surface area contributed by atoms with Crippen LogP contribution in [0.25, 0.3) is 0 Å². The van der Waals surface area contributed by atoms with Gasteiger partial charge in [-0.2, -0.15) is 0 Å². The molecule has 0 aromatic carbocycles. The molecule has 22 heteroatoms. The third-order valence-electron chi connectivity index (χ3n) is 7.24. The van der Waals surface area contributed by atoms with Crippen LogP contribution in [0.2, 0.25) is 0 Å². The van der Waals surface area contributed by atoms with E-state index in [2.05, 4.69) is 25.9 Å². The van der Waals surface area contributed by atoms with Crippen LogP contribution in [0.15, 0.2) is 12.5 Å². The number of aromatic amines is 1. The van der Waals surface area contributed by atoms with Crippen LogP contribution in [0.1, 0.15) is 37.8 Å². The van der Waals surface area contributed by atoms with Crippen LogP contribution in [-0.4, -0.2) is 149 Å². The Kier molecular flexibility index (Phi) is 16.6. The van der Waals surface area contributed by atoms with Crippen molar-refractivity contribution in [2.24, 2.45) is 5.73 Å². The molecule has 2 heterocycles. The van der Waals surface area contributed by atoms with E-state index < -0.39 is 105 Å². The minimum absolute atomic E-state index is 0.0746. The summed E-state index contributed by atoms with van der Waals surface area (Å²) >= 11 is 0. The van der Waals surface area contributed by atoms with Crippen molar-refractivity contribution in [1.29, 1.82) is 0 Å². The van der Waals surface area contributed by atoms with Gasteiger partial charge in [0, 0.05) is 24.7 Å². The van der Waals surface area contributed by atoms with Gasteiger partial charge in [0.2, 0.25) is 35.7 Å². The summed E-state index contributed by atoms with van der Waals surface area (Å²) in [6.07, 6.45) is -2.58. The fraction of sp³-hybridized carbons (Fsp3) is 0.643. The smallest absolute Gasteiger partial charge is 0.346 e. The summed E-state index contributed by atoms with van der Waals surface area (Å²) in [5, 5.41) is 26.4. The summed E-state index contributed by atoms with van der Waals surface area (Å²) in [6, 6.07) is -2.46. The average molecular weight is 733 g/mol. The topological polar surface area (TPSA) is 302 Å². The molecule has 50 heavy (non-hydrogen) atoms. The Hall–Kier alpha value is -4.27. The van der Waals surface area contributed by atoms with E-state index in [0.29, 0.717) is 25.1 Å². The zero-order valence-electron chi connectivity index (χ0n) is 28.2. The SMILES string of the molecule is CN(C)P(=O)(OC1C(=O)OC(C(CO)OC(=O)CCC(=O)NCC(=O)N[C@@H](Cc2cnc[nH]2)C(=O)N[C@@H](CCCCN)C(=O)O)C1=O)N(C)C. The Morgan fingerprint density at radius 1 is 1.06 bits per heavy atom. The Morgan fingerprint density at radius 3 is 2.30 bits per heavy atom. The maximum absolute atomic E-state index is 13.1. The molecule has 3 unspecified atom stereocenters. The predicted octanol–water partition coefficient (Wildman–Crippen LogP) is -2.95. The molecule has 0 spiro atoms. The molecule has 0 bridgehead atoms. The van der Waals surface area contributed by atoms with Gasteiger partial charge < -0.3 is 46.4 Å². The number of amides is 3. The van der Waals surface area contributed by atoms with Crippen LogP contribution < -0.4 is 21.7 Å². The van der Waals surface area contributed by atoms with Crippen molar-refractivity contribution < 1.29 is 62.3 Å². The fourth-order valence-electron chi connectivity index (χ4n) is 4.55. The van der Waals surface area contributed by atoms with E-state index in [1.807, 2.05) is 0 Å². The lowest BCUT2D eigenvalue weighted by Gasteiger charge is -2.30. The summed E-state index contributed by atoms with van der Waals surface area (Å²) < 4.78 is 30.8. The standard InChI is InChI=1S/C28H45N8O13P/c1-35(2)50(46,36(3)4)49-25-23(41)24(48-28(25)45)19(14-37)47-22(40)9-8-20(38)31-13-21(39)33-18(11-16-12-30-15-32-16)26(42)34-17(27(43)44)7-5-6-10-29/h12,15,17-19,24-25,37H,5-11,13-14,29H2,1-4H3,(H,30,32)(H,31,38)(H,33,39)(H,34,42)(H,43,44)/t17-,18-,19?,24?,25?/m0/s1. The second-order valence-electron chi connectivity index (χ2n) is 11.5. The number of H-pyrrole nitrogens is 1. The van der Waals surface area contributed by atoms with Crippen molar-refractivity contribution in [3.05, 3.63) is 18.2 Å². The molecule has 0 aliphatic carbocycles. The summed E-state index contributed by atoms with van der Waals surface area (Å²) in [5.41, 5.74) is 5.91. The first-order chi connectivity index (χ1) is 23.5. The van der Waals surface area contributed by atoms with Gasteiger partial charge in [-0.15, -0.1) is 0 Å². The number of imidazole rings is 1. The first-order valence-corrected chi connectivity index (χ1v) is 17.0. The Bertz CT molecular complexity index is 1400. The molecule has 1 aromatic rings. The van der Waals surface area contributed by atoms with Gasteiger partial charge in [-0.1, -0.05) is 0 Å². The quantitative estimate of drug-likeness (QED) is 0.0271. The molecule has 0 radical (unpaired) electrons. The lowest BCUT2D eigenvalue weighted by Crippen LogP contribution is -2.54. The lowest BCUT2D eigenvalue weighted by molar-refractivity contribution is -0.166. The van der Waals surface area contributed by atoms with Crippen molar-refractivity contribution in [3.8, 4) is 0 Å². The van der Waals surface area contributed by atoms with Gasteiger partial charge in [0.1, 0.15) is 12.1 Å². The van der Waals surface area contributed by atoms with Crippen LogP contribution in [0.3, 0.4) is 0 Å². The number of aliphatic carboxylic acids is 1. The highest BCUT2D eigenvalue weighted by Gasteiger charge is 2.52. The number of rotatable bonds is 22. The first kappa shape index (κ1) is 41.9. The summed E-state index contributed by atoms with van der Waals surface area (Å²) in [4.78, 5) is 94.0.